The van der Waals surface area contributed by atoms with Gasteiger partial charge in [0.1, 0.15) is 5.82 Å². The third-order valence-corrected chi connectivity index (χ3v) is 6.64. The van der Waals surface area contributed by atoms with Crippen LogP contribution in [-0.4, -0.2) is 34.0 Å². The second-order valence-corrected chi connectivity index (χ2v) is 12.2. The maximum Gasteiger partial charge on any atom is 0.323 e. The number of thiol groups is 1. The van der Waals surface area contributed by atoms with Crippen LogP contribution in [0.4, 0.5) is 22.0 Å². The van der Waals surface area contributed by atoms with Gasteiger partial charge in [-0.25, -0.2) is 9.78 Å². The van der Waals surface area contributed by atoms with Gasteiger partial charge in [-0.05, 0) is 72.8 Å². The number of carbonyl (C=O) groups is 2. The highest BCUT2D eigenvalue weighted by Gasteiger charge is 2.14. The predicted molar refractivity (Wildman–Crippen MR) is 143 cm³/mol. The maximum absolute atomic E-state index is 12.4. The van der Waals surface area contributed by atoms with Crippen LogP contribution in [0.5, 0.6) is 0 Å². The van der Waals surface area contributed by atoms with Crippen LogP contribution in [0.15, 0.2) is 65.2 Å². The Kier molecular flexibility index (Phi) is 6.47. The number of hydrogen-bond acceptors (Lipinski definition) is 5. The Labute approximate surface area is 202 Å². The molecule has 2 aromatic heterocycles. The number of carbonyl (C=O) groups excluding carboxylic acids is 2. The van der Waals surface area contributed by atoms with E-state index < -0.39 is 16.0 Å². The summed E-state index contributed by atoms with van der Waals surface area (Å²) < 4.78 is 14.8. The summed E-state index contributed by atoms with van der Waals surface area (Å²) in [5, 5.41) is 6.58. The number of aromatic nitrogens is 1. The first-order valence-corrected chi connectivity index (χ1v) is 13.8. The number of hydrogen-bond donors (Lipinski definition) is 5. The number of amides is 3. The van der Waals surface area contributed by atoms with Crippen LogP contribution in [0.1, 0.15) is 15.9 Å². The number of anilines is 3. The Morgan fingerprint density at radius 3 is 2.50 bits per heavy atom. The standard InChI is InChI=1S/C24H25N5O3S2/c1-14-5-4-6-17(9-14)27-24(31)28-18-7-8-20-15(10-18)12-21(33-20)19-11-16(13-26-22(19)25)23(30)29-34(2,3)32/h4-13,34H,1-3H3,(H2,25,26)(H2,27,28,31)(H,29,30,32). The fraction of sp³-hybridized carbons (Fsp3) is 0.125. The van der Waals surface area contributed by atoms with Crippen molar-refractivity contribution in [2.45, 2.75) is 6.92 Å². The molecule has 5 N–H and O–H groups in total. The number of pyridine rings is 1. The van der Waals surface area contributed by atoms with Crippen molar-refractivity contribution in [3.05, 3.63) is 71.9 Å². The zero-order chi connectivity index (χ0) is 24.5. The van der Waals surface area contributed by atoms with Gasteiger partial charge in [-0.1, -0.05) is 12.1 Å². The zero-order valence-corrected chi connectivity index (χ0v) is 20.6. The summed E-state index contributed by atoms with van der Waals surface area (Å²) in [6, 6.07) is 16.4. The summed E-state index contributed by atoms with van der Waals surface area (Å²) >= 11 is 1.50. The number of benzene rings is 2. The lowest BCUT2D eigenvalue weighted by molar-refractivity contribution is 0.100. The average Bonchev–Trinajstić information content (AvgIpc) is 3.16. The molecule has 176 valence electrons. The molecule has 0 radical (unpaired) electrons. The Morgan fingerprint density at radius 1 is 1.06 bits per heavy atom. The van der Waals surface area contributed by atoms with Crippen LogP contribution in [-0.2, 0) is 10.1 Å². The first-order valence-electron chi connectivity index (χ1n) is 10.4. The van der Waals surface area contributed by atoms with Crippen molar-refractivity contribution < 1.29 is 14.1 Å². The molecular weight excluding hydrogens is 470 g/mol. The molecule has 2 aromatic carbocycles. The van der Waals surface area contributed by atoms with Crippen molar-refractivity contribution in [3.8, 4) is 10.4 Å². The second-order valence-electron chi connectivity index (χ2n) is 8.21. The van der Waals surface area contributed by atoms with Crippen LogP contribution in [0.2, 0.25) is 0 Å². The minimum Gasteiger partial charge on any atom is -0.383 e. The van der Waals surface area contributed by atoms with E-state index in [0.29, 0.717) is 16.9 Å². The Hall–Kier alpha value is -3.60. The Morgan fingerprint density at radius 2 is 1.79 bits per heavy atom. The monoisotopic (exact) mass is 495 g/mol. The van der Waals surface area contributed by atoms with Crippen molar-refractivity contribution in [2.24, 2.45) is 4.36 Å². The van der Waals surface area contributed by atoms with E-state index in [-0.39, 0.29) is 17.4 Å². The summed E-state index contributed by atoms with van der Waals surface area (Å²) in [5.74, 6) is -0.237. The number of nitrogens with zero attached hydrogens (tertiary/aromatic N) is 2. The third kappa shape index (κ3) is 5.66. The number of thiophene rings is 1. The van der Waals surface area contributed by atoms with Gasteiger partial charge in [0.05, 0.1) is 5.56 Å². The summed E-state index contributed by atoms with van der Waals surface area (Å²) in [4.78, 5) is 29.8. The lowest BCUT2D eigenvalue weighted by Gasteiger charge is -2.10. The molecule has 0 atom stereocenters. The normalized spacial score (nSPS) is 11.8. The third-order valence-electron chi connectivity index (χ3n) is 4.82. The molecule has 0 aliphatic rings. The highest BCUT2D eigenvalue weighted by Crippen LogP contribution is 2.37. The van der Waals surface area contributed by atoms with Crippen LogP contribution in [0, 0.1) is 6.92 Å². The van der Waals surface area contributed by atoms with Gasteiger partial charge in [0.2, 0.25) is 0 Å². The van der Waals surface area contributed by atoms with Gasteiger partial charge in [0.15, 0.2) is 0 Å². The van der Waals surface area contributed by atoms with Crippen molar-refractivity contribution in [1.82, 2.24) is 4.98 Å². The number of rotatable bonds is 4. The second kappa shape index (κ2) is 9.34. The minimum atomic E-state index is -2.62. The smallest absolute Gasteiger partial charge is 0.323 e. The first kappa shape index (κ1) is 23.6. The fourth-order valence-corrected chi connectivity index (χ4v) is 4.97. The van der Waals surface area contributed by atoms with E-state index in [2.05, 4.69) is 20.0 Å². The molecule has 4 aromatic rings. The van der Waals surface area contributed by atoms with E-state index >= 15 is 0 Å². The molecule has 8 nitrogen and oxygen atoms in total. The van der Waals surface area contributed by atoms with Gasteiger partial charge in [-0.15, -0.1) is 21.4 Å². The van der Waals surface area contributed by atoms with E-state index in [1.165, 1.54) is 30.0 Å². The van der Waals surface area contributed by atoms with Crippen molar-refractivity contribution in [2.75, 3.05) is 28.9 Å². The molecule has 0 aliphatic heterocycles. The highest BCUT2D eigenvalue weighted by molar-refractivity contribution is 7.98. The summed E-state index contributed by atoms with van der Waals surface area (Å²) in [6.45, 7) is 1.96. The molecular formula is C24H25N5O3S2. The molecule has 0 aliphatic carbocycles. The molecule has 0 saturated heterocycles. The molecule has 0 saturated carbocycles. The number of nitrogens with one attached hydrogen (secondary N) is 2. The van der Waals surface area contributed by atoms with Gasteiger partial charge >= 0.3 is 6.03 Å². The van der Waals surface area contributed by atoms with Crippen LogP contribution in [0.25, 0.3) is 20.5 Å². The average molecular weight is 496 g/mol. The molecule has 2 heterocycles. The van der Waals surface area contributed by atoms with Gasteiger partial charge < -0.3 is 20.9 Å². The molecule has 0 fully saturated rings. The fourth-order valence-electron chi connectivity index (χ4n) is 3.34. The topological polar surface area (TPSA) is 130 Å². The molecule has 34 heavy (non-hydrogen) atoms. The molecule has 4 rings (SSSR count). The van der Waals surface area contributed by atoms with Gasteiger partial charge in [-0.3, -0.25) is 4.79 Å². The lowest BCUT2D eigenvalue weighted by Crippen LogP contribution is -2.19. The molecule has 0 unspecified atom stereocenters. The largest absolute Gasteiger partial charge is 0.383 e. The molecule has 10 heteroatoms. The molecule has 0 bridgehead atoms. The van der Waals surface area contributed by atoms with E-state index in [1.807, 2.05) is 55.5 Å². The van der Waals surface area contributed by atoms with Gasteiger partial charge in [-0.2, -0.15) is 4.36 Å². The van der Waals surface area contributed by atoms with Crippen LogP contribution < -0.4 is 16.4 Å². The summed E-state index contributed by atoms with van der Waals surface area (Å²) in [5.41, 5.74) is 9.39. The van der Waals surface area contributed by atoms with E-state index in [4.69, 9.17) is 5.73 Å². The minimum absolute atomic E-state index is 0.263. The van der Waals surface area contributed by atoms with Crippen LogP contribution in [0.3, 0.4) is 0 Å². The van der Waals surface area contributed by atoms with Crippen LogP contribution >= 0.6 is 11.3 Å². The quantitative estimate of drug-likeness (QED) is 0.241. The molecule has 3 amide bonds. The molecule has 0 spiro atoms. The van der Waals surface area contributed by atoms with E-state index in [0.717, 1.165) is 20.5 Å². The van der Waals surface area contributed by atoms with Crippen molar-refractivity contribution >= 4 is 60.7 Å². The number of aryl methyl sites for hydroxylation is 1. The number of urea groups is 1. The summed E-state index contributed by atoms with van der Waals surface area (Å²) in [7, 11) is -2.62. The Bertz CT molecular complexity index is 1460. The van der Waals surface area contributed by atoms with Crippen molar-refractivity contribution in [3.63, 3.8) is 0 Å². The number of nitrogen functional groups attached to an aromatic ring is 1. The van der Waals surface area contributed by atoms with E-state index in [9.17, 15) is 14.1 Å². The maximum atomic E-state index is 12.4. The highest BCUT2D eigenvalue weighted by atomic mass is 32.3. The first-order chi connectivity index (χ1) is 16.1. The van der Waals surface area contributed by atoms with Gasteiger partial charge in [0.25, 0.3) is 5.91 Å². The number of nitrogens with two attached hydrogens (primary N) is 1. The van der Waals surface area contributed by atoms with Gasteiger partial charge in [0, 0.05) is 32.7 Å². The van der Waals surface area contributed by atoms with E-state index in [1.54, 1.807) is 6.07 Å². The summed E-state index contributed by atoms with van der Waals surface area (Å²) in [6.07, 6.45) is 4.44. The van der Waals surface area contributed by atoms with Crippen molar-refractivity contribution in [1.29, 1.82) is 0 Å². The number of fused-ring (bicyclic) bond motifs is 1. The lowest BCUT2D eigenvalue weighted by atomic mass is 10.1. The zero-order valence-electron chi connectivity index (χ0n) is 18.9. The SMILES string of the molecule is Cc1cccc(NC(=O)Nc2ccc3sc(-c4cc(C(=O)N=[SH](C)(C)O)cnc4N)cc3c2)c1. The Balaban J connectivity index is 1.58. The predicted octanol–water partition coefficient (Wildman–Crippen LogP) is 5.44.